The fraction of sp³-hybridized carbons (Fsp3) is 0.904. The van der Waals surface area contributed by atoms with Gasteiger partial charge in [-0.2, -0.15) is 0 Å². The van der Waals surface area contributed by atoms with E-state index < -0.39 is 33.3 Å². The van der Waals surface area contributed by atoms with E-state index in [9.17, 15) is 24.0 Å². The molecule has 0 radical (unpaired) electrons. The average molecular weight is 1350 g/mol. The summed E-state index contributed by atoms with van der Waals surface area (Å²) >= 11 is 0. The van der Waals surface area contributed by atoms with Crippen LogP contribution in [0.15, 0.2) is 12.2 Å². The number of rotatable bonds is 65. The summed E-state index contributed by atoms with van der Waals surface area (Å²) in [6.45, 7) is 30.7. The van der Waals surface area contributed by atoms with Crippen LogP contribution in [-0.4, -0.2) is 159 Å². The van der Waals surface area contributed by atoms with E-state index in [0.29, 0.717) is 53.9 Å². The van der Waals surface area contributed by atoms with Crippen molar-refractivity contribution in [1.29, 1.82) is 0 Å². The van der Waals surface area contributed by atoms with Gasteiger partial charge in [0, 0.05) is 38.7 Å². The molecule has 0 spiro atoms. The summed E-state index contributed by atoms with van der Waals surface area (Å²) in [7, 11) is 1.10. The first kappa shape index (κ1) is 88.8. The SMILES string of the molecule is C=C(C)C(=O)OCCCC[N+](C)(C)CC(=O)NCCCC[Si](C)(C)O[Si](C)(C)CCCCCCCCCCCCCCCCCCCCCCCCCCCCCCCCCCNC(=O)C[N+](C)(C)CC(=O)NCCCC[Si](C)(C)O[Si](C)(C)CCCNC(C)=O. The first-order chi connectivity index (χ1) is 43.0. The summed E-state index contributed by atoms with van der Waals surface area (Å²) in [5.41, 5.74) is 0.425. The average Bonchev–Trinajstić information content (AvgIpc) is 1.84. The van der Waals surface area contributed by atoms with Crippen molar-refractivity contribution < 1.29 is 45.9 Å². The Bertz CT molecular complexity index is 1890. The second-order valence-electron chi connectivity index (χ2n) is 31.5. The van der Waals surface area contributed by atoms with Gasteiger partial charge in [-0.3, -0.25) is 19.2 Å². The van der Waals surface area contributed by atoms with Gasteiger partial charge in [-0.05, 0) is 122 Å². The molecule has 0 aromatic heterocycles. The highest BCUT2D eigenvalue weighted by atomic mass is 28.4. The van der Waals surface area contributed by atoms with Gasteiger partial charge in [0.25, 0.3) is 17.7 Å². The van der Waals surface area contributed by atoms with E-state index in [-0.39, 0.29) is 29.6 Å². The molecule has 0 aliphatic rings. The molecule has 536 valence electrons. The second-order valence-corrected chi connectivity index (χ2v) is 49.3. The van der Waals surface area contributed by atoms with Crippen LogP contribution >= 0.6 is 0 Å². The van der Waals surface area contributed by atoms with Crippen molar-refractivity contribution in [3.05, 3.63) is 12.2 Å². The molecule has 0 aliphatic heterocycles. The standard InChI is InChI=1S/C73H150N6O8Si4/c1-68(2)73(84)85-60-50-49-59-78(4,5)65-70(81)76-56-47-52-62-89(10,11)86-88(8,9)61-51-45-43-41-39-37-35-33-31-29-27-25-23-21-19-17-16-18-20-22-24-26-28-30-32-34-36-38-40-42-44-46-55-75-71(82)66-79(6,7)67-72(83)77-57-48-53-63-90(12,13)87-91(14,15)64-54-58-74-69(3)80/h1,16-67H2,2-15H3,(H2-2,74,75,76,77,80,81,82,83)/p+2. The van der Waals surface area contributed by atoms with Gasteiger partial charge in [-0.25, -0.2) is 4.79 Å². The molecule has 4 amide bonds. The van der Waals surface area contributed by atoms with E-state index in [2.05, 4.69) is 94.3 Å². The number of carbonyl (C=O) groups is 5. The number of amides is 4. The number of nitrogens with zero attached hydrogens (tertiary/aromatic N) is 2. The quantitative estimate of drug-likeness (QED) is 0.0154. The number of likely N-dealkylation sites (N-methyl/N-ethyl adjacent to an activating group) is 2. The molecule has 0 atom stereocenters. The van der Waals surface area contributed by atoms with Crippen LogP contribution in [0.1, 0.15) is 264 Å². The lowest BCUT2D eigenvalue weighted by Gasteiger charge is -2.34. The molecule has 91 heavy (non-hydrogen) atoms. The lowest BCUT2D eigenvalue weighted by molar-refractivity contribution is -0.882. The van der Waals surface area contributed by atoms with Gasteiger partial charge >= 0.3 is 5.97 Å². The van der Waals surface area contributed by atoms with Crippen LogP contribution in [0.3, 0.4) is 0 Å². The number of hydrogen-bond acceptors (Lipinski definition) is 8. The Kier molecular flexibility index (Phi) is 52.6. The summed E-state index contributed by atoms with van der Waals surface area (Å²) in [4.78, 5) is 60.8. The predicted octanol–water partition coefficient (Wildman–Crippen LogP) is 17.8. The smallest absolute Gasteiger partial charge is 0.333 e. The van der Waals surface area contributed by atoms with E-state index >= 15 is 0 Å². The Balaban J connectivity index is 3.59. The number of hydrogen-bond donors (Lipinski definition) is 4. The van der Waals surface area contributed by atoms with Crippen molar-refractivity contribution in [2.75, 3.05) is 87.2 Å². The van der Waals surface area contributed by atoms with Crippen molar-refractivity contribution in [2.24, 2.45) is 0 Å². The van der Waals surface area contributed by atoms with Crippen LogP contribution in [0.4, 0.5) is 0 Å². The van der Waals surface area contributed by atoms with Crippen LogP contribution in [-0.2, 0) is 36.9 Å². The molecule has 0 saturated carbocycles. The lowest BCUT2D eigenvalue weighted by Crippen LogP contribution is -2.52. The maximum Gasteiger partial charge on any atom is 0.333 e. The van der Waals surface area contributed by atoms with E-state index in [1.807, 2.05) is 14.1 Å². The molecule has 0 unspecified atom stereocenters. The molecule has 18 heteroatoms. The zero-order chi connectivity index (χ0) is 68.2. The Morgan fingerprint density at radius 2 is 0.560 bits per heavy atom. The van der Waals surface area contributed by atoms with Crippen LogP contribution < -0.4 is 21.3 Å². The summed E-state index contributed by atoms with van der Waals surface area (Å²) in [6, 6.07) is 4.54. The molecular formula is C73H152N6O8Si4+2. The van der Waals surface area contributed by atoms with Crippen LogP contribution in [0, 0.1) is 0 Å². The largest absolute Gasteiger partial charge is 0.462 e. The Morgan fingerprint density at radius 1 is 0.319 bits per heavy atom. The first-order valence-electron chi connectivity index (χ1n) is 37.9. The molecule has 0 aliphatic carbocycles. The third-order valence-electron chi connectivity index (χ3n) is 18.0. The summed E-state index contributed by atoms with van der Waals surface area (Å²) in [5, 5.41) is 12.2. The fourth-order valence-corrected chi connectivity index (χ4v) is 30.8. The Labute approximate surface area is 567 Å². The number of carbonyl (C=O) groups excluding carboxylic acids is 5. The second kappa shape index (κ2) is 53.9. The van der Waals surface area contributed by atoms with Crippen molar-refractivity contribution in [1.82, 2.24) is 21.3 Å². The van der Waals surface area contributed by atoms with Gasteiger partial charge in [0.2, 0.25) is 5.91 Å². The highest BCUT2D eigenvalue weighted by molar-refractivity contribution is 6.85. The summed E-state index contributed by atoms with van der Waals surface area (Å²) in [6.07, 6.45) is 50.9. The maximum absolute atomic E-state index is 12.7. The van der Waals surface area contributed by atoms with Crippen LogP contribution in [0.5, 0.6) is 0 Å². The molecule has 0 saturated heterocycles. The number of esters is 1. The molecule has 0 heterocycles. The number of ether oxygens (including phenoxy) is 1. The minimum Gasteiger partial charge on any atom is -0.462 e. The monoisotopic (exact) mass is 1350 g/mol. The minimum atomic E-state index is -1.80. The molecule has 0 aromatic carbocycles. The van der Waals surface area contributed by atoms with Gasteiger partial charge < -0.3 is 43.2 Å². The molecule has 4 N–H and O–H groups in total. The molecule has 0 rings (SSSR count). The van der Waals surface area contributed by atoms with Gasteiger partial charge in [0.1, 0.15) is 0 Å². The van der Waals surface area contributed by atoms with Crippen molar-refractivity contribution >= 4 is 62.9 Å². The zero-order valence-corrected chi connectivity index (χ0v) is 66.6. The van der Waals surface area contributed by atoms with E-state index in [1.54, 1.807) is 13.8 Å². The molecule has 0 fully saturated rings. The number of nitrogens with one attached hydrogen (secondary N) is 4. The summed E-state index contributed by atoms with van der Waals surface area (Å²) < 4.78 is 19.8. The molecular weight excluding hydrogens is 1200 g/mol. The summed E-state index contributed by atoms with van der Waals surface area (Å²) in [5.74, 6) is -0.183. The van der Waals surface area contributed by atoms with Crippen LogP contribution in [0.25, 0.3) is 0 Å². The van der Waals surface area contributed by atoms with Gasteiger partial charge in [-0.1, -0.05) is 218 Å². The van der Waals surface area contributed by atoms with Gasteiger partial charge in [0.05, 0.1) is 41.3 Å². The Morgan fingerprint density at radius 3 is 0.857 bits per heavy atom. The Hall–Kier alpha value is -2.20. The molecule has 0 aromatic rings. The van der Waals surface area contributed by atoms with Crippen LogP contribution in [0.2, 0.25) is 76.6 Å². The van der Waals surface area contributed by atoms with Gasteiger partial charge in [-0.15, -0.1) is 0 Å². The fourth-order valence-electron chi connectivity index (χ4n) is 12.9. The van der Waals surface area contributed by atoms with E-state index in [1.165, 1.54) is 199 Å². The van der Waals surface area contributed by atoms with Crippen molar-refractivity contribution in [2.45, 2.75) is 341 Å². The van der Waals surface area contributed by atoms with E-state index in [4.69, 9.17) is 13.0 Å². The van der Waals surface area contributed by atoms with Crippen molar-refractivity contribution in [3.63, 3.8) is 0 Å². The highest BCUT2D eigenvalue weighted by Crippen LogP contribution is 2.27. The zero-order valence-electron chi connectivity index (χ0n) is 62.6. The first-order valence-corrected chi connectivity index (χ1v) is 50.3. The topological polar surface area (TPSA) is 161 Å². The van der Waals surface area contributed by atoms with Crippen molar-refractivity contribution in [3.8, 4) is 0 Å². The minimum absolute atomic E-state index is 0.000815. The highest BCUT2D eigenvalue weighted by Gasteiger charge is 2.34. The normalized spacial score (nSPS) is 12.5. The third-order valence-corrected chi connectivity index (χ3v) is 33.0. The number of quaternary nitrogens is 2. The molecule has 14 nitrogen and oxygen atoms in total. The maximum atomic E-state index is 12.7. The van der Waals surface area contributed by atoms with Gasteiger partial charge in [0.15, 0.2) is 52.9 Å². The predicted molar refractivity (Wildman–Crippen MR) is 399 cm³/mol. The lowest BCUT2D eigenvalue weighted by atomic mass is 10.0. The number of unbranched alkanes of at least 4 members (excludes halogenated alkanes) is 34. The van der Waals surface area contributed by atoms with E-state index in [0.717, 1.165) is 95.6 Å². The third kappa shape index (κ3) is 61.2. The molecule has 0 bridgehead atoms.